The number of nitrogens with zero attached hydrogens (tertiary/aromatic N) is 1. The largest absolute Gasteiger partial charge is 0.322 e. The molecule has 2 amide bonds. The fourth-order valence-electron chi connectivity index (χ4n) is 3.22. The van der Waals surface area contributed by atoms with E-state index in [2.05, 4.69) is 15.6 Å². The van der Waals surface area contributed by atoms with Crippen molar-refractivity contribution in [3.8, 4) is 11.3 Å². The van der Waals surface area contributed by atoms with Gasteiger partial charge in [0.1, 0.15) is 0 Å². The molecule has 0 spiro atoms. The van der Waals surface area contributed by atoms with Crippen LogP contribution in [0.4, 0.5) is 10.8 Å². The highest BCUT2D eigenvalue weighted by molar-refractivity contribution is 8.00. The van der Waals surface area contributed by atoms with Gasteiger partial charge in [0, 0.05) is 27.6 Å². The fourth-order valence-corrected chi connectivity index (χ4v) is 4.87. The molecular weight excluding hydrogens is 474 g/mol. The second kappa shape index (κ2) is 11.6. The molecule has 4 rings (SSSR count). The summed E-state index contributed by atoms with van der Waals surface area (Å²) in [6.07, 6.45) is 3.27. The van der Waals surface area contributed by atoms with Crippen LogP contribution in [0.25, 0.3) is 17.3 Å². The van der Waals surface area contributed by atoms with Gasteiger partial charge < -0.3 is 10.6 Å². The molecule has 1 unspecified atom stereocenters. The minimum atomic E-state index is -0.342. The van der Waals surface area contributed by atoms with Crippen molar-refractivity contribution in [1.29, 1.82) is 0 Å². The third-order valence-electron chi connectivity index (χ3n) is 5.09. The van der Waals surface area contributed by atoms with Gasteiger partial charge in [0.2, 0.25) is 11.8 Å². The van der Waals surface area contributed by atoms with Gasteiger partial charge in [-0.2, -0.15) is 0 Å². The quantitative estimate of drug-likeness (QED) is 0.205. The lowest BCUT2D eigenvalue weighted by molar-refractivity contribution is -0.115. The van der Waals surface area contributed by atoms with Crippen molar-refractivity contribution in [3.05, 3.63) is 101 Å². The van der Waals surface area contributed by atoms with Crippen LogP contribution in [0.15, 0.2) is 95.2 Å². The van der Waals surface area contributed by atoms with Crippen LogP contribution in [0.2, 0.25) is 0 Å². The minimum absolute atomic E-state index is 0.125. The molecule has 2 N–H and O–H groups in total. The molecule has 1 atom stereocenters. The molecule has 35 heavy (non-hydrogen) atoms. The number of carbonyl (C=O) groups is 2. The standard InChI is InChI=1S/C28H25N3O2S2/c1-19-11-14-22(15-12-19)25-18-34-28(30-25)31-27(33)20(2)35-24-10-6-9-23(17-24)29-26(32)16-13-21-7-4-3-5-8-21/h3-18,20H,1-2H3,(H,29,32)(H,30,31,33)/b16-13+. The molecule has 0 saturated heterocycles. The maximum Gasteiger partial charge on any atom is 0.248 e. The predicted molar refractivity (Wildman–Crippen MR) is 147 cm³/mol. The van der Waals surface area contributed by atoms with E-state index in [4.69, 9.17) is 0 Å². The number of thioether (sulfide) groups is 1. The SMILES string of the molecule is Cc1ccc(-c2csc(NC(=O)C(C)Sc3cccc(NC(=O)/C=C/c4ccccc4)c3)n2)cc1. The number of amides is 2. The molecule has 0 aliphatic carbocycles. The fraction of sp³-hybridized carbons (Fsp3) is 0.107. The summed E-state index contributed by atoms with van der Waals surface area (Å²) in [6, 6.07) is 25.2. The monoisotopic (exact) mass is 499 g/mol. The Bertz CT molecular complexity index is 1330. The van der Waals surface area contributed by atoms with Crippen molar-refractivity contribution in [2.45, 2.75) is 24.0 Å². The van der Waals surface area contributed by atoms with E-state index < -0.39 is 0 Å². The summed E-state index contributed by atoms with van der Waals surface area (Å²) in [4.78, 5) is 30.5. The average molecular weight is 500 g/mol. The molecule has 1 aromatic heterocycles. The van der Waals surface area contributed by atoms with Crippen LogP contribution in [0.5, 0.6) is 0 Å². The van der Waals surface area contributed by atoms with Crippen molar-refractivity contribution in [2.24, 2.45) is 0 Å². The smallest absolute Gasteiger partial charge is 0.248 e. The zero-order valence-electron chi connectivity index (χ0n) is 19.4. The first-order valence-corrected chi connectivity index (χ1v) is 12.9. The molecule has 176 valence electrons. The van der Waals surface area contributed by atoms with Crippen LogP contribution < -0.4 is 10.6 Å². The highest BCUT2D eigenvalue weighted by Crippen LogP contribution is 2.29. The molecule has 5 nitrogen and oxygen atoms in total. The second-order valence-electron chi connectivity index (χ2n) is 7.91. The number of thiazole rings is 1. The number of aryl methyl sites for hydroxylation is 1. The number of nitrogens with one attached hydrogen (secondary N) is 2. The molecule has 1 heterocycles. The first-order valence-electron chi connectivity index (χ1n) is 11.1. The van der Waals surface area contributed by atoms with Gasteiger partial charge >= 0.3 is 0 Å². The van der Waals surface area contributed by atoms with E-state index in [1.807, 2.05) is 98.1 Å². The topological polar surface area (TPSA) is 71.1 Å². The van der Waals surface area contributed by atoms with E-state index in [-0.39, 0.29) is 17.1 Å². The molecule has 7 heteroatoms. The van der Waals surface area contributed by atoms with Crippen LogP contribution in [-0.4, -0.2) is 22.0 Å². The average Bonchev–Trinajstić information content (AvgIpc) is 3.32. The van der Waals surface area contributed by atoms with E-state index in [1.165, 1.54) is 34.7 Å². The van der Waals surface area contributed by atoms with Crippen LogP contribution >= 0.6 is 23.1 Å². The maximum absolute atomic E-state index is 12.7. The molecule has 0 aliphatic heterocycles. The van der Waals surface area contributed by atoms with Crippen molar-refractivity contribution < 1.29 is 9.59 Å². The van der Waals surface area contributed by atoms with E-state index in [9.17, 15) is 9.59 Å². The molecule has 3 aromatic carbocycles. The van der Waals surface area contributed by atoms with E-state index in [1.54, 1.807) is 6.08 Å². The van der Waals surface area contributed by atoms with Gasteiger partial charge in [-0.15, -0.1) is 23.1 Å². The Morgan fingerprint density at radius 2 is 1.74 bits per heavy atom. The Labute approximate surface area is 213 Å². The Hall–Kier alpha value is -3.68. The summed E-state index contributed by atoms with van der Waals surface area (Å²) in [6.45, 7) is 3.89. The highest BCUT2D eigenvalue weighted by Gasteiger charge is 2.17. The van der Waals surface area contributed by atoms with E-state index >= 15 is 0 Å². The van der Waals surface area contributed by atoms with Crippen LogP contribution in [-0.2, 0) is 9.59 Å². The zero-order valence-corrected chi connectivity index (χ0v) is 21.0. The Morgan fingerprint density at radius 1 is 0.971 bits per heavy atom. The number of benzene rings is 3. The number of rotatable bonds is 8. The minimum Gasteiger partial charge on any atom is -0.322 e. The van der Waals surface area contributed by atoms with Gasteiger partial charge in [0.25, 0.3) is 0 Å². The Morgan fingerprint density at radius 3 is 2.51 bits per heavy atom. The highest BCUT2D eigenvalue weighted by atomic mass is 32.2. The molecular formula is C28H25N3O2S2. The van der Waals surface area contributed by atoms with Crippen molar-refractivity contribution in [3.63, 3.8) is 0 Å². The number of hydrogen-bond donors (Lipinski definition) is 2. The third-order valence-corrected chi connectivity index (χ3v) is 6.94. The van der Waals surface area contributed by atoms with E-state index in [0.717, 1.165) is 21.7 Å². The van der Waals surface area contributed by atoms with Crippen molar-refractivity contribution in [1.82, 2.24) is 4.98 Å². The van der Waals surface area contributed by atoms with Gasteiger partial charge in [-0.25, -0.2) is 4.98 Å². The lowest BCUT2D eigenvalue weighted by atomic mass is 10.1. The Kier molecular flexibility index (Phi) is 8.13. The van der Waals surface area contributed by atoms with Crippen LogP contribution in [0.3, 0.4) is 0 Å². The van der Waals surface area contributed by atoms with Gasteiger partial charge in [-0.05, 0) is 43.7 Å². The number of anilines is 2. The zero-order chi connectivity index (χ0) is 24.6. The number of aromatic nitrogens is 1. The van der Waals surface area contributed by atoms with Crippen LogP contribution in [0.1, 0.15) is 18.1 Å². The normalized spacial score (nSPS) is 11.8. The second-order valence-corrected chi connectivity index (χ2v) is 10.2. The first kappa shape index (κ1) is 24.4. The van der Waals surface area contributed by atoms with Gasteiger partial charge in [-0.1, -0.05) is 66.2 Å². The van der Waals surface area contributed by atoms with Crippen LogP contribution in [0, 0.1) is 6.92 Å². The van der Waals surface area contributed by atoms with Gasteiger partial charge in [0.05, 0.1) is 10.9 Å². The number of carbonyl (C=O) groups excluding carboxylic acids is 2. The molecule has 0 fully saturated rings. The van der Waals surface area contributed by atoms with Gasteiger partial charge in [0.15, 0.2) is 5.13 Å². The molecule has 0 radical (unpaired) electrons. The lowest BCUT2D eigenvalue weighted by Gasteiger charge is -2.11. The molecule has 0 saturated carbocycles. The summed E-state index contributed by atoms with van der Waals surface area (Å²) in [5.41, 5.74) is 4.68. The molecule has 0 bridgehead atoms. The maximum atomic E-state index is 12.7. The predicted octanol–water partition coefficient (Wildman–Crippen LogP) is 6.89. The number of hydrogen-bond acceptors (Lipinski definition) is 5. The third kappa shape index (κ3) is 7.15. The van der Waals surface area contributed by atoms with E-state index in [0.29, 0.717) is 10.8 Å². The molecule has 0 aliphatic rings. The lowest BCUT2D eigenvalue weighted by Crippen LogP contribution is -2.22. The van der Waals surface area contributed by atoms with Crippen molar-refractivity contribution >= 4 is 51.8 Å². The van der Waals surface area contributed by atoms with Gasteiger partial charge in [-0.3, -0.25) is 9.59 Å². The Balaban J connectivity index is 1.32. The summed E-state index contributed by atoms with van der Waals surface area (Å²) < 4.78 is 0. The summed E-state index contributed by atoms with van der Waals surface area (Å²) >= 11 is 2.83. The summed E-state index contributed by atoms with van der Waals surface area (Å²) in [5, 5.41) is 7.95. The molecule has 4 aromatic rings. The van der Waals surface area contributed by atoms with Crippen molar-refractivity contribution in [2.75, 3.05) is 10.6 Å². The summed E-state index contributed by atoms with van der Waals surface area (Å²) in [5.74, 6) is -0.338. The first-order chi connectivity index (χ1) is 17.0. The summed E-state index contributed by atoms with van der Waals surface area (Å²) in [7, 11) is 0.